The fourth-order valence-electron chi connectivity index (χ4n) is 1.62. The molecule has 80 valence electrons. The molecule has 0 aromatic rings. The van der Waals surface area contributed by atoms with Gasteiger partial charge < -0.3 is 15.8 Å². The molecule has 1 aliphatic rings. The summed E-state index contributed by atoms with van der Waals surface area (Å²) in [4.78, 5) is 22.1. The molecule has 1 amide bonds. The maximum atomic E-state index is 11.2. The van der Waals surface area contributed by atoms with Crippen molar-refractivity contribution in [3.8, 4) is 0 Å². The van der Waals surface area contributed by atoms with E-state index in [4.69, 9.17) is 5.73 Å². The molecule has 1 rings (SSSR count). The first-order chi connectivity index (χ1) is 6.63. The van der Waals surface area contributed by atoms with Crippen LogP contribution in [0.2, 0.25) is 0 Å². The number of nitrogens with two attached hydrogens (primary N) is 1. The van der Waals surface area contributed by atoms with Gasteiger partial charge in [0.05, 0.1) is 13.5 Å². The second-order valence-corrected chi connectivity index (χ2v) is 3.55. The van der Waals surface area contributed by atoms with E-state index >= 15 is 0 Å². The van der Waals surface area contributed by atoms with Crippen LogP contribution in [-0.4, -0.2) is 31.6 Å². The molecule has 0 bridgehead atoms. The van der Waals surface area contributed by atoms with Crippen molar-refractivity contribution in [3.05, 3.63) is 0 Å². The Morgan fingerprint density at radius 1 is 1.79 bits per heavy atom. The molecule has 2 atom stereocenters. The molecule has 0 spiro atoms. The van der Waals surface area contributed by atoms with Gasteiger partial charge in [-0.25, -0.2) is 0 Å². The fourth-order valence-corrected chi connectivity index (χ4v) is 1.62. The van der Waals surface area contributed by atoms with E-state index in [1.807, 2.05) is 0 Å². The van der Waals surface area contributed by atoms with E-state index < -0.39 is 0 Å². The Balaban J connectivity index is 2.29. The lowest BCUT2D eigenvalue weighted by atomic mass is 9.97. The van der Waals surface area contributed by atoms with E-state index in [9.17, 15) is 9.59 Å². The van der Waals surface area contributed by atoms with E-state index in [1.54, 1.807) is 0 Å². The van der Waals surface area contributed by atoms with Crippen LogP contribution in [0.4, 0.5) is 0 Å². The molecular weight excluding hydrogens is 184 g/mol. The highest BCUT2D eigenvalue weighted by Crippen LogP contribution is 2.16. The largest absolute Gasteiger partial charge is 0.469 e. The van der Waals surface area contributed by atoms with Crippen molar-refractivity contribution in [2.75, 3.05) is 13.7 Å². The molecule has 0 aromatic heterocycles. The predicted molar refractivity (Wildman–Crippen MR) is 50.3 cm³/mol. The van der Waals surface area contributed by atoms with Crippen LogP contribution in [0.25, 0.3) is 0 Å². The van der Waals surface area contributed by atoms with Crippen molar-refractivity contribution < 1.29 is 14.3 Å². The summed E-state index contributed by atoms with van der Waals surface area (Å²) in [5.74, 6) is -0.309. The molecular formula is C9H16N2O3. The van der Waals surface area contributed by atoms with Crippen LogP contribution in [0.3, 0.4) is 0 Å². The Hall–Kier alpha value is -1.10. The van der Waals surface area contributed by atoms with Crippen LogP contribution in [0, 0.1) is 5.92 Å². The predicted octanol–water partition coefficient (Wildman–Crippen LogP) is -0.597. The van der Waals surface area contributed by atoms with Crippen LogP contribution in [-0.2, 0) is 14.3 Å². The number of amides is 1. The Bertz CT molecular complexity index is 230. The summed E-state index contributed by atoms with van der Waals surface area (Å²) in [6.45, 7) is 0.717. The Kier molecular flexibility index (Phi) is 3.88. The monoisotopic (exact) mass is 200 g/mol. The van der Waals surface area contributed by atoms with E-state index in [-0.39, 0.29) is 30.3 Å². The van der Waals surface area contributed by atoms with E-state index in [0.717, 1.165) is 6.42 Å². The maximum absolute atomic E-state index is 11.2. The summed E-state index contributed by atoms with van der Waals surface area (Å²) in [5, 5.41) is 2.73. The van der Waals surface area contributed by atoms with Crippen molar-refractivity contribution >= 4 is 11.9 Å². The van der Waals surface area contributed by atoms with Crippen LogP contribution in [0.15, 0.2) is 0 Å². The molecule has 5 nitrogen and oxygen atoms in total. The topological polar surface area (TPSA) is 81.4 Å². The second kappa shape index (κ2) is 4.95. The number of carbonyl (C=O) groups excluding carboxylic acids is 2. The van der Waals surface area contributed by atoms with Gasteiger partial charge in [-0.05, 0) is 12.8 Å². The molecule has 3 N–H and O–H groups in total. The minimum absolute atomic E-state index is 0.0327. The van der Waals surface area contributed by atoms with E-state index in [0.29, 0.717) is 13.0 Å². The van der Waals surface area contributed by atoms with Crippen molar-refractivity contribution in [1.29, 1.82) is 0 Å². The third-order valence-electron chi connectivity index (χ3n) is 2.41. The zero-order valence-corrected chi connectivity index (χ0v) is 8.29. The summed E-state index contributed by atoms with van der Waals surface area (Å²) < 4.78 is 4.49. The number of methoxy groups -OCH3 is 1. The Morgan fingerprint density at radius 2 is 2.50 bits per heavy atom. The van der Waals surface area contributed by atoms with Crippen LogP contribution in [0.5, 0.6) is 0 Å². The molecule has 1 fully saturated rings. The minimum atomic E-state index is -0.323. The Morgan fingerprint density at radius 3 is 3.00 bits per heavy atom. The lowest BCUT2D eigenvalue weighted by Gasteiger charge is -2.13. The van der Waals surface area contributed by atoms with Gasteiger partial charge in [-0.3, -0.25) is 9.59 Å². The average Bonchev–Trinajstić information content (AvgIpc) is 2.51. The van der Waals surface area contributed by atoms with Crippen molar-refractivity contribution in [2.24, 2.45) is 11.7 Å². The average molecular weight is 200 g/mol. The number of esters is 1. The van der Waals surface area contributed by atoms with Gasteiger partial charge in [0.25, 0.3) is 0 Å². The highest BCUT2D eigenvalue weighted by atomic mass is 16.5. The number of nitrogens with one attached hydrogen (secondary N) is 1. The summed E-state index contributed by atoms with van der Waals surface area (Å²) in [7, 11) is 1.33. The molecule has 1 aliphatic heterocycles. The molecule has 5 heteroatoms. The van der Waals surface area contributed by atoms with E-state index in [1.165, 1.54) is 7.11 Å². The quantitative estimate of drug-likeness (QED) is 0.594. The van der Waals surface area contributed by atoms with Crippen molar-refractivity contribution in [3.63, 3.8) is 0 Å². The molecule has 0 aliphatic carbocycles. The summed E-state index contributed by atoms with van der Waals surface area (Å²) >= 11 is 0. The Labute approximate surface area is 83.0 Å². The van der Waals surface area contributed by atoms with E-state index in [2.05, 4.69) is 10.1 Å². The van der Waals surface area contributed by atoms with Gasteiger partial charge in [0.15, 0.2) is 0 Å². The molecule has 1 unspecified atom stereocenters. The van der Waals surface area contributed by atoms with Gasteiger partial charge in [0.2, 0.25) is 5.91 Å². The first-order valence-corrected chi connectivity index (χ1v) is 4.73. The van der Waals surface area contributed by atoms with Crippen LogP contribution >= 0.6 is 0 Å². The second-order valence-electron chi connectivity index (χ2n) is 3.55. The molecule has 1 saturated heterocycles. The van der Waals surface area contributed by atoms with Crippen molar-refractivity contribution in [1.82, 2.24) is 5.32 Å². The smallest absolute Gasteiger partial charge is 0.307 e. The molecule has 1 heterocycles. The van der Waals surface area contributed by atoms with Crippen molar-refractivity contribution in [2.45, 2.75) is 25.3 Å². The summed E-state index contributed by atoms with van der Waals surface area (Å²) in [5.41, 5.74) is 5.71. The highest BCUT2D eigenvalue weighted by molar-refractivity contribution is 5.80. The van der Waals surface area contributed by atoms with Gasteiger partial charge in [0, 0.05) is 18.5 Å². The molecule has 0 saturated carbocycles. The van der Waals surface area contributed by atoms with Gasteiger partial charge in [-0.2, -0.15) is 0 Å². The zero-order valence-electron chi connectivity index (χ0n) is 8.29. The van der Waals surface area contributed by atoms with Crippen LogP contribution < -0.4 is 11.1 Å². The number of carbonyl (C=O) groups is 2. The van der Waals surface area contributed by atoms with Crippen LogP contribution in [0.1, 0.15) is 19.3 Å². The van der Waals surface area contributed by atoms with Gasteiger partial charge in [0.1, 0.15) is 0 Å². The van der Waals surface area contributed by atoms with Gasteiger partial charge >= 0.3 is 5.97 Å². The fraction of sp³-hybridized carbons (Fsp3) is 0.778. The third kappa shape index (κ3) is 2.99. The van der Waals surface area contributed by atoms with Gasteiger partial charge in [-0.1, -0.05) is 0 Å². The number of rotatable bonds is 4. The number of hydrogen-bond acceptors (Lipinski definition) is 4. The third-order valence-corrected chi connectivity index (χ3v) is 2.41. The summed E-state index contributed by atoms with van der Waals surface area (Å²) in [6.07, 6.45) is 1.55. The molecule has 14 heavy (non-hydrogen) atoms. The summed E-state index contributed by atoms with van der Waals surface area (Å²) in [6, 6.07) is -0.281. The standard InChI is InChI=1S/C9H16N2O3/c1-14-8(12)5-7(10)4-6-2-3-11-9(6)13/h6-7H,2-5,10H2,1H3,(H,11,13)/t6-,7?/m0/s1. The zero-order chi connectivity index (χ0) is 10.6. The highest BCUT2D eigenvalue weighted by Gasteiger charge is 2.26. The SMILES string of the molecule is COC(=O)CC(N)C[C@@H]1CCNC1=O. The lowest BCUT2D eigenvalue weighted by Crippen LogP contribution is -2.30. The maximum Gasteiger partial charge on any atom is 0.307 e. The molecule has 0 radical (unpaired) electrons. The first-order valence-electron chi connectivity index (χ1n) is 4.73. The lowest BCUT2D eigenvalue weighted by molar-refractivity contribution is -0.141. The first kappa shape index (κ1) is 11.0. The number of hydrogen-bond donors (Lipinski definition) is 2. The minimum Gasteiger partial charge on any atom is -0.469 e. The van der Waals surface area contributed by atoms with Gasteiger partial charge in [-0.15, -0.1) is 0 Å². The normalized spacial score (nSPS) is 23.0. The molecule has 0 aromatic carbocycles. The number of ether oxygens (including phenoxy) is 1.